The molecule has 1 saturated heterocycles. The predicted molar refractivity (Wildman–Crippen MR) is 72.0 cm³/mol. The number of halogens is 1. The Morgan fingerprint density at radius 2 is 2.06 bits per heavy atom. The summed E-state index contributed by atoms with van der Waals surface area (Å²) in [6.07, 6.45) is 0.991. The summed E-state index contributed by atoms with van der Waals surface area (Å²) >= 11 is 6.08. The largest absolute Gasteiger partial charge is 0.495 e. The number of aliphatic hydroxyl groups excluding tert-OH is 1. The van der Waals surface area contributed by atoms with E-state index in [1.165, 1.54) is 0 Å². The van der Waals surface area contributed by atoms with E-state index in [9.17, 15) is 5.11 Å². The number of aliphatic hydroxyl groups is 1. The van der Waals surface area contributed by atoms with Crippen molar-refractivity contribution < 1.29 is 14.6 Å². The quantitative estimate of drug-likeness (QED) is 0.911. The van der Waals surface area contributed by atoms with E-state index in [0.717, 1.165) is 30.9 Å². The van der Waals surface area contributed by atoms with Crippen LogP contribution in [-0.2, 0) is 0 Å². The van der Waals surface area contributed by atoms with Gasteiger partial charge in [0.15, 0.2) is 0 Å². The molecule has 2 rings (SSSR count). The van der Waals surface area contributed by atoms with E-state index < -0.39 is 0 Å². The summed E-state index contributed by atoms with van der Waals surface area (Å²) < 4.78 is 10.6. The molecule has 5 heteroatoms. The van der Waals surface area contributed by atoms with Crippen LogP contribution in [0.2, 0.25) is 5.02 Å². The number of hydrogen-bond donors (Lipinski definition) is 1. The van der Waals surface area contributed by atoms with Gasteiger partial charge in [-0.3, -0.25) is 0 Å². The fourth-order valence-electron chi connectivity index (χ4n) is 2.29. The van der Waals surface area contributed by atoms with Gasteiger partial charge in [-0.2, -0.15) is 0 Å². The average Bonchev–Trinajstić information content (AvgIpc) is 2.87. The molecule has 0 radical (unpaired) electrons. The van der Waals surface area contributed by atoms with Crippen molar-refractivity contribution in [2.45, 2.75) is 6.42 Å². The molecule has 1 N–H and O–H groups in total. The van der Waals surface area contributed by atoms with E-state index in [1.54, 1.807) is 20.3 Å². The lowest BCUT2D eigenvalue weighted by molar-refractivity contribution is 0.238. The number of rotatable bonds is 4. The van der Waals surface area contributed by atoms with Gasteiger partial charge in [-0.1, -0.05) is 11.6 Å². The number of methoxy groups -OCH3 is 2. The lowest BCUT2D eigenvalue weighted by atomic mass is 10.1. The van der Waals surface area contributed by atoms with Gasteiger partial charge in [0.25, 0.3) is 0 Å². The zero-order valence-electron chi connectivity index (χ0n) is 10.6. The molecule has 1 unspecified atom stereocenters. The van der Waals surface area contributed by atoms with Crippen molar-refractivity contribution >= 4 is 17.3 Å². The van der Waals surface area contributed by atoms with Crippen molar-refractivity contribution in [2.75, 3.05) is 38.8 Å². The van der Waals surface area contributed by atoms with Crippen LogP contribution >= 0.6 is 11.6 Å². The molecule has 0 saturated carbocycles. The third-order valence-electron chi connectivity index (χ3n) is 3.34. The number of benzene rings is 1. The Morgan fingerprint density at radius 3 is 2.61 bits per heavy atom. The van der Waals surface area contributed by atoms with Crippen LogP contribution in [0.15, 0.2) is 12.1 Å². The summed E-state index contributed by atoms with van der Waals surface area (Å²) in [5, 5.41) is 9.74. The Balaban J connectivity index is 2.31. The Kier molecular flexibility index (Phi) is 4.19. The Bertz CT molecular complexity index is 425. The summed E-state index contributed by atoms with van der Waals surface area (Å²) in [5.74, 6) is 1.70. The highest BCUT2D eigenvalue weighted by atomic mass is 35.5. The monoisotopic (exact) mass is 271 g/mol. The highest BCUT2D eigenvalue weighted by Gasteiger charge is 2.25. The smallest absolute Gasteiger partial charge is 0.143 e. The van der Waals surface area contributed by atoms with Crippen molar-refractivity contribution in [3.63, 3.8) is 0 Å². The molecule has 1 fully saturated rings. The Morgan fingerprint density at radius 1 is 1.33 bits per heavy atom. The van der Waals surface area contributed by atoms with Crippen molar-refractivity contribution in [1.82, 2.24) is 0 Å². The zero-order chi connectivity index (χ0) is 13.1. The summed E-state index contributed by atoms with van der Waals surface area (Å²) in [6, 6.07) is 3.66. The molecule has 1 heterocycles. The first-order chi connectivity index (χ1) is 8.69. The van der Waals surface area contributed by atoms with Crippen LogP contribution in [0.5, 0.6) is 11.5 Å². The fourth-order valence-corrected chi connectivity index (χ4v) is 2.52. The van der Waals surface area contributed by atoms with Crippen LogP contribution in [0.4, 0.5) is 5.69 Å². The molecule has 1 aromatic carbocycles. The third kappa shape index (κ3) is 2.49. The predicted octanol–water partition coefficient (Wildman–Crippen LogP) is 2.18. The molecule has 0 aliphatic carbocycles. The molecule has 0 amide bonds. The number of nitrogens with zero attached hydrogens (tertiary/aromatic N) is 1. The van der Waals surface area contributed by atoms with Gasteiger partial charge in [0.05, 0.1) is 24.9 Å². The highest BCUT2D eigenvalue weighted by Crippen LogP contribution is 2.39. The molecule has 18 heavy (non-hydrogen) atoms. The van der Waals surface area contributed by atoms with Crippen LogP contribution < -0.4 is 14.4 Å². The Hall–Kier alpha value is -1.13. The van der Waals surface area contributed by atoms with E-state index in [-0.39, 0.29) is 6.61 Å². The summed E-state index contributed by atoms with van der Waals surface area (Å²) in [6.45, 7) is 1.97. The minimum absolute atomic E-state index is 0.226. The SMILES string of the molecule is COc1cc(N2CCC(CO)C2)c(OC)cc1Cl. The van der Waals surface area contributed by atoms with Crippen LogP contribution in [0, 0.1) is 5.92 Å². The maximum absolute atomic E-state index is 9.20. The van der Waals surface area contributed by atoms with E-state index in [0.29, 0.717) is 16.7 Å². The highest BCUT2D eigenvalue weighted by molar-refractivity contribution is 6.32. The van der Waals surface area contributed by atoms with Crippen molar-refractivity contribution in [2.24, 2.45) is 5.92 Å². The second-order valence-electron chi connectivity index (χ2n) is 4.44. The fraction of sp³-hybridized carbons (Fsp3) is 0.538. The standard InChI is InChI=1S/C13H18ClNO3/c1-17-12-6-11(13(18-2)5-10(12)14)15-4-3-9(7-15)8-16/h5-6,9,16H,3-4,7-8H2,1-2H3. The summed E-state index contributed by atoms with van der Waals surface area (Å²) in [4.78, 5) is 2.19. The van der Waals surface area contributed by atoms with Gasteiger partial charge in [0.1, 0.15) is 11.5 Å². The first-order valence-electron chi connectivity index (χ1n) is 5.97. The van der Waals surface area contributed by atoms with Crippen molar-refractivity contribution in [3.05, 3.63) is 17.2 Å². The minimum atomic E-state index is 0.226. The molecule has 1 aliphatic rings. The Labute approximate surface area is 112 Å². The topological polar surface area (TPSA) is 41.9 Å². The molecule has 1 aromatic rings. The lowest BCUT2D eigenvalue weighted by Crippen LogP contribution is -2.21. The van der Waals surface area contributed by atoms with Crippen LogP contribution in [0.1, 0.15) is 6.42 Å². The average molecular weight is 272 g/mol. The molecule has 100 valence electrons. The van der Waals surface area contributed by atoms with Crippen LogP contribution in [-0.4, -0.2) is 39.0 Å². The van der Waals surface area contributed by atoms with Crippen LogP contribution in [0.25, 0.3) is 0 Å². The first-order valence-corrected chi connectivity index (χ1v) is 6.34. The molecule has 0 bridgehead atoms. The minimum Gasteiger partial charge on any atom is -0.495 e. The summed E-state index contributed by atoms with van der Waals surface area (Å²) in [5.41, 5.74) is 0.967. The van der Waals surface area contributed by atoms with E-state index in [1.807, 2.05) is 6.07 Å². The van der Waals surface area contributed by atoms with Crippen molar-refractivity contribution in [3.8, 4) is 11.5 Å². The van der Waals surface area contributed by atoms with Gasteiger partial charge >= 0.3 is 0 Å². The van der Waals surface area contributed by atoms with E-state index in [4.69, 9.17) is 21.1 Å². The maximum atomic E-state index is 9.20. The number of anilines is 1. The second kappa shape index (κ2) is 5.67. The van der Waals surface area contributed by atoms with Gasteiger partial charge < -0.3 is 19.5 Å². The zero-order valence-corrected chi connectivity index (χ0v) is 11.4. The van der Waals surface area contributed by atoms with E-state index in [2.05, 4.69) is 4.90 Å². The van der Waals surface area contributed by atoms with Crippen molar-refractivity contribution in [1.29, 1.82) is 0 Å². The molecule has 4 nitrogen and oxygen atoms in total. The summed E-state index contributed by atoms with van der Waals surface area (Å²) in [7, 11) is 3.22. The van der Waals surface area contributed by atoms with Gasteiger partial charge in [-0.25, -0.2) is 0 Å². The second-order valence-corrected chi connectivity index (χ2v) is 4.85. The molecule has 1 atom stereocenters. The van der Waals surface area contributed by atoms with Gasteiger partial charge in [-0.05, 0) is 6.42 Å². The number of ether oxygens (including phenoxy) is 2. The number of hydrogen-bond acceptors (Lipinski definition) is 4. The normalized spacial score (nSPS) is 19.1. The molecule has 0 aromatic heterocycles. The molecular formula is C13H18ClNO3. The molecule has 0 spiro atoms. The van der Waals surface area contributed by atoms with Gasteiger partial charge in [-0.15, -0.1) is 0 Å². The first kappa shape index (κ1) is 13.3. The lowest BCUT2D eigenvalue weighted by Gasteiger charge is -2.22. The van der Waals surface area contributed by atoms with Gasteiger partial charge in [0, 0.05) is 37.7 Å². The maximum Gasteiger partial charge on any atom is 0.143 e. The molecule has 1 aliphatic heterocycles. The van der Waals surface area contributed by atoms with Gasteiger partial charge in [0.2, 0.25) is 0 Å². The van der Waals surface area contributed by atoms with Crippen LogP contribution in [0.3, 0.4) is 0 Å². The third-order valence-corrected chi connectivity index (χ3v) is 3.63. The van der Waals surface area contributed by atoms with E-state index >= 15 is 0 Å². The molecular weight excluding hydrogens is 254 g/mol.